The zero-order chi connectivity index (χ0) is 16.9. The highest BCUT2D eigenvalue weighted by Gasteiger charge is 2.20. The number of carbonyl (C=O) groups is 1. The monoisotopic (exact) mass is 331 g/mol. The van der Waals surface area contributed by atoms with Crippen LogP contribution in [0.5, 0.6) is 0 Å². The molecule has 1 amide bonds. The first-order valence-corrected chi connectivity index (χ1v) is 8.67. The van der Waals surface area contributed by atoms with Gasteiger partial charge in [-0.05, 0) is 51.4 Å². The minimum atomic E-state index is -0.223. The molecule has 1 N–H and O–H groups in total. The van der Waals surface area contributed by atoms with Crippen molar-refractivity contribution in [2.24, 2.45) is 0 Å². The second-order valence-corrected chi connectivity index (χ2v) is 6.29. The molecule has 130 valence electrons. The van der Waals surface area contributed by atoms with Crippen molar-refractivity contribution >= 4 is 5.91 Å². The summed E-state index contributed by atoms with van der Waals surface area (Å²) in [7, 11) is 0. The van der Waals surface area contributed by atoms with Gasteiger partial charge in [0.05, 0.1) is 12.6 Å². The van der Waals surface area contributed by atoms with Crippen LogP contribution in [-0.2, 0) is 13.1 Å². The Hall–Kier alpha value is -2.15. The van der Waals surface area contributed by atoms with E-state index in [1.165, 1.54) is 19.2 Å². The Bertz CT molecular complexity index is 672. The first-order valence-electron chi connectivity index (χ1n) is 8.67. The average molecular weight is 331 g/mol. The van der Waals surface area contributed by atoms with E-state index in [0.29, 0.717) is 5.76 Å². The molecule has 0 spiro atoms. The lowest BCUT2D eigenvalue weighted by atomic mass is 10.3. The van der Waals surface area contributed by atoms with Gasteiger partial charge in [-0.3, -0.25) is 9.69 Å². The quantitative estimate of drug-likeness (QED) is 0.843. The predicted octanol–water partition coefficient (Wildman–Crippen LogP) is 2.37. The molecule has 1 aliphatic rings. The number of hydrogen-bond acceptors (Lipinski definition) is 5. The largest absolute Gasteiger partial charge is 0.455 e. The van der Waals surface area contributed by atoms with E-state index in [4.69, 9.17) is 4.42 Å². The molecule has 7 heteroatoms. The van der Waals surface area contributed by atoms with E-state index >= 15 is 0 Å². The van der Waals surface area contributed by atoms with Crippen molar-refractivity contribution in [1.82, 2.24) is 25.0 Å². The molecular formula is C17H25N5O2. The molecule has 1 fully saturated rings. The molecule has 2 aromatic rings. The average Bonchev–Trinajstić information content (AvgIpc) is 3.29. The maximum absolute atomic E-state index is 12.4. The number of nitrogens with one attached hydrogen (secondary N) is 1. The molecule has 7 nitrogen and oxygen atoms in total. The van der Waals surface area contributed by atoms with Crippen molar-refractivity contribution in [2.45, 2.75) is 52.2 Å². The van der Waals surface area contributed by atoms with E-state index in [-0.39, 0.29) is 11.9 Å². The van der Waals surface area contributed by atoms with Crippen LogP contribution in [0.25, 0.3) is 0 Å². The summed E-state index contributed by atoms with van der Waals surface area (Å²) in [5, 5.41) is 7.13. The molecule has 0 aromatic carbocycles. The Balaban J connectivity index is 1.59. The fourth-order valence-corrected chi connectivity index (χ4v) is 3.07. The third-order valence-corrected chi connectivity index (χ3v) is 4.28. The molecule has 1 aliphatic heterocycles. The number of carbonyl (C=O) groups excluding carboxylic acids is 1. The van der Waals surface area contributed by atoms with Gasteiger partial charge in [-0.2, -0.15) is 5.10 Å². The standard InChI is InChI=1S/C17H25N5O2/c1-3-8-22-16(18-12-19-22)13(2)20-17(23)15-7-6-14(24-15)11-21-9-4-5-10-21/h6-7,12-13H,3-5,8-11H2,1-2H3,(H,20,23). The maximum Gasteiger partial charge on any atom is 0.287 e. The third kappa shape index (κ3) is 3.84. The van der Waals surface area contributed by atoms with Crippen LogP contribution >= 0.6 is 0 Å². The molecule has 3 heterocycles. The zero-order valence-corrected chi connectivity index (χ0v) is 14.4. The molecule has 3 rings (SSSR count). The number of aromatic nitrogens is 3. The van der Waals surface area contributed by atoms with Crippen molar-refractivity contribution < 1.29 is 9.21 Å². The fraction of sp³-hybridized carbons (Fsp3) is 0.588. The molecule has 2 aromatic heterocycles. The van der Waals surface area contributed by atoms with Gasteiger partial charge in [0.25, 0.3) is 5.91 Å². The highest BCUT2D eigenvalue weighted by molar-refractivity contribution is 5.91. The summed E-state index contributed by atoms with van der Waals surface area (Å²) in [6.45, 7) is 7.75. The minimum Gasteiger partial charge on any atom is -0.455 e. The number of furan rings is 1. The number of likely N-dealkylation sites (tertiary alicyclic amines) is 1. The molecule has 1 atom stereocenters. The van der Waals surface area contributed by atoms with Gasteiger partial charge in [0.15, 0.2) is 5.76 Å². The summed E-state index contributed by atoms with van der Waals surface area (Å²) in [5.41, 5.74) is 0. The normalized spacial score (nSPS) is 16.4. The number of hydrogen-bond donors (Lipinski definition) is 1. The summed E-state index contributed by atoms with van der Waals surface area (Å²) >= 11 is 0. The minimum absolute atomic E-state index is 0.221. The van der Waals surface area contributed by atoms with Crippen molar-refractivity contribution in [1.29, 1.82) is 0 Å². The van der Waals surface area contributed by atoms with E-state index in [2.05, 4.69) is 27.2 Å². The molecule has 1 saturated heterocycles. The number of aryl methyl sites for hydroxylation is 1. The van der Waals surface area contributed by atoms with Crippen LogP contribution in [0.1, 0.15) is 61.3 Å². The summed E-state index contributed by atoms with van der Waals surface area (Å²) in [6.07, 6.45) is 4.97. The molecule has 24 heavy (non-hydrogen) atoms. The first-order chi connectivity index (χ1) is 11.7. The Morgan fingerprint density at radius 2 is 2.17 bits per heavy atom. The number of nitrogens with zero attached hydrogens (tertiary/aromatic N) is 4. The smallest absolute Gasteiger partial charge is 0.287 e. The lowest BCUT2D eigenvalue weighted by molar-refractivity contribution is 0.0906. The van der Waals surface area contributed by atoms with E-state index in [1.807, 2.05) is 17.7 Å². The van der Waals surface area contributed by atoms with Crippen LogP contribution in [-0.4, -0.2) is 38.7 Å². The van der Waals surface area contributed by atoms with Crippen LogP contribution in [0, 0.1) is 0 Å². The van der Waals surface area contributed by atoms with E-state index in [1.54, 1.807) is 6.07 Å². The van der Waals surface area contributed by atoms with E-state index in [9.17, 15) is 4.79 Å². The van der Waals surface area contributed by atoms with Crippen LogP contribution in [0.15, 0.2) is 22.9 Å². The second-order valence-electron chi connectivity index (χ2n) is 6.29. The van der Waals surface area contributed by atoms with Gasteiger partial charge < -0.3 is 9.73 Å². The summed E-state index contributed by atoms with van der Waals surface area (Å²) in [6, 6.07) is 3.40. The zero-order valence-electron chi connectivity index (χ0n) is 14.4. The van der Waals surface area contributed by atoms with Crippen molar-refractivity contribution in [2.75, 3.05) is 13.1 Å². The van der Waals surface area contributed by atoms with Gasteiger partial charge in [-0.1, -0.05) is 6.92 Å². The highest BCUT2D eigenvalue weighted by Crippen LogP contribution is 2.16. The summed E-state index contributed by atoms with van der Waals surface area (Å²) in [4.78, 5) is 19.0. The molecule has 0 saturated carbocycles. The third-order valence-electron chi connectivity index (χ3n) is 4.28. The second kappa shape index (κ2) is 7.61. The van der Waals surface area contributed by atoms with E-state index < -0.39 is 0 Å². The van der Waals surface area contributed by atoms with Gasteiger partial charge >= 0.3 is 0 Å². The Kier molecular flexibility index (Phi) is 5.30. The van der Waals surface area contributed by atoms with Crippen molar-refractivity contribution in [3.63, 3.8) is 0 Å². The van der Waals surface area contributed by atoms with Crippen LogP contribution in [0.2, 0.25) is 0 Å². The van der Waals surface area contributed by atoms with Gasteiger partial charge in [0, 0.05) is 6.54 Å². The molecule has 0 aliphatic carbocycles. The SMILES string of the molecule is CCCn1ncnc1C(C)NC(=O)c1ccc(CN2CCCC2)o1. The van der Waals surface area contributed by atoms with Gasteiger partial charge in [0.2, 0.25) is 0 Å². The first kappa shape index (κ1) is 16.7. The number of amides is 1. The maximum atomic E-state index is 12.4. The Morgan fingerprint density at radius 3 is 2.92 bits per heavy atom. The summed E-state index contributed by atoms with van der Waals surface area (Å²) < 4.78 is 7.53. The van der Waals surface area contributed by atoms with Gasteiger partial charge in [0.1, 0.15) is 17.9 Å². The molecular weight excluding hydrogens is 306 g/mol. The molecule has 1 unspecified atom stereocenters. The number of rotatable bonds is 7. The van der Waals surface area contributed by atoms with Crippen molar-refractivity contribution in [3.05, 3.63) is 35.8 Å². The van der Waals surface area contributed by atoms with Crippen LogP contribution in [0.3, 0.4) is 0 Å². The lowest BCUT2D eigenvalue weighted by Gasteiger charge is -2.14. The van der Waals surface area contributed by atoms with Gasteiger partial charge in [-0.25, -0.2) is 9.67 Å². The lowest BCUT2D eigenvalue weighted by Crippen LogP contribution is -2.28. The molecule has 0 radical (unpaired) electrons. The Labute approximate surface area is 142 Å². The Morgan fingerprint density at radius 1 is 1.38 bits per heavy atom. The highest BCUT2D eigenvalue weighted by atomic mass is 16.4. The van der Waals surface area contributed by atoms with Crippen molar-refractivity contribution in [3.8, 4) is 0 Å². The fourth-order valence-electron chi connectivity index (χ4n) is 3.07. The topological polar surface area (TPSA) is 76.2 Å². The molecule has 0 bridgehead atoms. The predicted molar refractivity (Wildman–Crippen MR) is 89.4 cm³/mol. The summed E-state index contributed by atoms with van der Waals surface area (Å²) in [5.74, 6) is 1.72. The van der Waals surface area contributed by atoms with Crippen LogP contribution in [0.4, 0.5) is 0 Å². The van der Waals surface area contributed by atoms with Crippen LogP contribution < -0.4 is 5.32 Å². The van der Waals surface area contributed by atoms with Gasteiger partial charge in [-0.15, -0.1) is 0 Å². The van der Waals surface area contributed by atoms with E-state index in [0.717, 1.165) is 44.2 Å².